The Labute approximate surface area is 170 Å². The number of benzene rings is 2. The van der Waals surface area contributed by atoms with E-state index in [2.05, 4.69) is 6.58 Å². The van der Waals surface area contributed by atoms with Crippen LogP contribution in [0.4, 0.5) is 0 Å². The van der Waals surface area contributed by atoms with Crippen LogP contribution in [0.25, 0.3) is 0 Å². The summed E-state index contributed by atoms with van der Waals surface area (Å²) in [6.45, 7) is 3.53. The molecule has 0 bridgehead atoms. The number of carbonyl (C=O) groups is 2. The van der Waals surface area contributed by atoms with Crippen molar-refractivity contribution in [1.29, 1.82) is 0 Å². The first-order valence-electron chi connectivity index (χ1n) is 9.25. The van der Waals surface area contributed by atoms with Gasteiger partial charge in [0.05, 0.1) is 5.92 Å². The molecule has 0 saturated carbocycles. The van der Waals surface area contributed by atoms with E-state index in [4.69, 9.17) is 9.47 Å². The SMILES string of the molecule is C=CP(=O)(O)CC(CCC(=O)OCc1ccccc1)C(=O)OCc1ccccc1. The highest BCUT2D eigenvalue weighted by Gasteiger charge is 2.29. The van der Waals surface area contributed by atoms with E-state index in [9.17, 15) is 19.0 Å². The zero-order valence-corrected chi connectivity index (χ0v) is 17.0. The Morgan fingerprint density at radius 1 is 0.966 bits per heavy atom. The maximum absolute atomic E-state index is 12.5. The third-order valence-electron chi connectivity index (χ3n) is 4.26. The molecule has 0 amide bonds. The Bertz CT molecular complexity index is 850. The molecule has 0 aliphatic heterocycles. The average Bonchev–Trinajstić information content (AvgIpc) is 2.75. The molecular weight excluding hydrogens is 391 g/mol. The van der Waals surface area contributed by atoms with Crippen LogP contribution in [-0.4, -0.2) is 23.0 Å². The van der Waals surface area contributed by atoms with E-state index >= 15 is 0 Å². The fourth-order valence-corrected chi connectivity index (χ4v) is 3.74. The number of hydrogen-bond acceptors (Lipinski definition) is 5. The van der Waals surface area contributed by atoms with E-state index in [1.165, 1.54) is 0 Å². The highest BCUT2D eigenvalue weighted by Crippen LogP contribution is 2.44. The first-order valence-corrected chi connectivity index (χ1v) is 11.2. The summed E-state index contributed by atoms with van der Waals surface area (Å²) in [5.41, 5.74) is 1.66. The van der Waals surface area contributed by atoms with Crippen LogP contribution in [-0.2, 0) is 36.8 Å². The maximum atomic E-state index is 12.5. The van der Waals surface area contributed by atoms with Crippen LogP contribution in [0.1, 0.15) is 24.0 Å². The van der Waals surface area contributed by atoms with Gasteiger partial charge in [0.15, 0.2) is 0 Å². The number of esters is 2. The largest absolute Gasteiger partial charge is 0.461 e. The van der Waals surface area contributed by atoms with Crippen molar-refractivity contribution in [1.82, 2.24) is 0 Å². The van der Waals surface area contributed by atoms with Gasteiger partial charge in [-0.2, -0.15) is 0 Å². The lowest BCUT2D eigenvalue weighted by atomic mass is 10.1. The van der Waals surface area contributed by atoms with Crippen LogP contribution in [0.5, 0.6) is 0 Å². The van der Waals surface area contributed by atoms with Crippen LogP contribution in [0.3, 0.4) is 0 Å². The number of carbonyl (C=O) groups excluding carboxylic acids is 2. The minimum atomic E-state index is -3.69. The van der Waals surface area contributed by atoms with Gasteiger partial charge in [0, 0.05) is 12.6 Å². The van der Waals surface area contributed by atoms with E-state index < -0.39 is 25.2 Å². The molecule has 7 heteroatoms. The molecule has 2 aromatic carbocycles. The van der Waals surface area contributed by atoms with E-state index in [0.29, 0.717) is 0 Å². The average molecular weight is 416 g/mol. The molecule has 2 aromatic rings. The molecule has 0 spiro atoms. The van der Waals surface area contributed by atoms with Crippen LogP contribution in [0, 0.1) is 5.92 Å². The van der Waals surface area contributed by atoms with E-state index in [1.54, 1.807) is 0 Å². The molecule has 0 aliphatic carbocycles. The molecule has 29 heavy (non-hydrogen) atoms. The van der Waals surface area contributed by atoms with Crippen molar-refractivity contribution in [3.8, 4) is 0 Å². The predicted octanol–water partition coefficient (Wildman–Crippen LogP) is 4.28. The van der Waals surface area contributed by atoms with Crippen molar-refractivity contribution >= 4 is 19.3 Å². The van der Waals surface area contributed by atoms with Gasteiger partial charge in [0.25, 0.3) is 0 Å². The zero-order valence-electron chi connectivity index (χ0n) is 16.1. The molecular formula is C22H25O6P. The highest BCUT2D eigenvalue weighted by atomic mass is 31.2. The van der Waals surface area contributed by atoms with E-state index in [0.717, 1.165) is 16.9 Å². The van der Waals surface area contributed by atoms with Gasteiger partial charge in [-0.15, -0.1) is 0 Å². The Kier molecular flexibility index (Phi) is 8.84. The molecule has 0 heterocycles. The van der Waals surface area contributed by atoms with Crippen LogP contribution in [0.15, 0.2) is 73.1 Å². The van der Waals surface area contributed by atoms with Crippen LogP contribution in [0.2, 0.25) is 0 Å². The summed E-state index contributed by atoms with van der Waals surface area (Å²) >= 11 is 0. The lowest BCUT2D eigenvalue weighted by molar-refractivity contribution is -0.150. The number of ether oxygens (including phenoxy) is 2. The number of hydrogen-bond donors (Lipinski definition) is 1. The summed E-state index contributed by atoms with van der Waals surface area (Å²) in [6.07, 6.45) is -0.329. The van der Waals surface area contributed by atoms with Gasteiger partial charge in [0.1, 0.15) is 13.2 Å². The van der Waals surface area contributed by atoms with Crippen molar-refractivity contribution in [3.05, 3.63) is 84.2 Å². The molecule has 2 atom stereocenters. The van der Waals surface area contributed by atoms with Gasteiger partial charge in [-0.05, 0) is 23.4 Å². The second kappa shape index (κ2) is 11.3. The molecule has 0 fully saturated rings. The van der Waals surface area contributed by atoms with Crippen molar-refractivity contribution < 1.29 is 28.5 Å². The van der Waals surface area contributed by atoms with Crippen LogP contribution < -0.4 is 0 Å². The summed E-state index contributed by atoms with van der Waals surface area (Å²) in [5, 5.41) is 0. The molecule has 1 N–H and O–H groups in total. The first-order chi connectivity index (χ1) is 13.9. The standard InChI is InChI=1S/C22H25O6P/c1-2-29(25,26)17-20(22(24)28-16-19-11-7-4-8-12-19)13-14-21(23)27-15-18-9-5-3-6-10-18/h2-12,20H,1,13-17H2,(H,25,26). The summed E-state index contributed by atoms with van der Waals surface area (Å²) in [4.78, 5) is 34.4. The second-order valence-electron chi connectivity index (χ2n) is 6.60. The molecule has 0 aliphatic rings. The third-order valence-corrected chi connectivity index (χ3v) is 5.80. The monoisotopic (exact) mass is 416 g/mol. The van der Waals surface area contributed by atoms with Crippen LogP contribution >= 0.6 is 7.37 Å². The molecule has 6 nitrogen and oxygen atoms in total. The summed E-state index contributed by atoms with van der Waals surface area (Å²) in [6, 6.07) is 18.3. The Hall–Kier alpha value is -2.69. The zero-order chi connectivity index (χ0) is 21.1. The topological polar surface area (TPSA) is 89.9 Å². The Morgan fingerprint density at radius 2 is 1.48 bits per heavy atom. The highest BCUT2D eigenvalue weighted by molar-refractivity contribution is 7.61. The summed E-state index contributed by atoms with van der Waals surface area (Å²) < 4.78 is 22.5. The normalized spacial score (nSPS) is 13.7. The van der Waals surface area contributed by atoms with Crippen molar-refractivity contribution in [2.24, 2.45) is 5.92 Å². The van der Waals surface area contributed by atoms with Gasteiger partial charge in [-0.3, -0.25) is 14.2 Å². The van der Waals surface area contributed by atoms with Gasteiger partial charge in [0.2, 0.25) is 7.37 Å². The molecule has 2 unspecified atom stereocenters. The summed E-state index contributed by atoms with van der Waals surface area (Å²) in [7, 11) is -3.69. The molecule has 2 rings (SSSR count). The fraction of sp³-hybridized carbons (Fsp3) is 0.273. The maximum Gasteiger partial charge on any atom is 0.309 e. The first kappa shape index (κ1) is 22.6. The fourth-order valence-electron chi connectivity index (χ4n) is 2.62. The van der Waals surface area contributed by atoms with Gasteiger partial charge < -0.3 is 14.4 Å². The number of rotatable bonds is 11. The lowest BCUT2D eigenvalue weighted by Crippen LogP contribution is -2.22. The smallest absolute Gasteiger partial charge is 0.309 e. The second-order valence-corrected chi connectivity index (χ2v) is 8.84. The van der Waals surface area contributed by atoms with Gasteiger partial charge in [-0.25, -0.2) is 0 Å². The molecule has 0 aromatic heterocycles. The van der Waals surface area contributed by atoms with Crippen molar-refractivity contribution in [3.63, 3.8) is 0 Å². The van der Waals surface area contributed by atoms with Gasteiger partial charge in [-0.1, -0.05) is 67.2 Å². The third kappa shape index (κ3) is 8.46. The van der Waals surface area contributed by atoms with Gasteiger partial charge >= 0.3 is 11.9 Å². The minimum Gasteiger partial charge on any atom is -0.461 e. The lowest BCUT2D eigenvalue weighted by Gasteiger charge is -2.17. The van der Waals surface area contributed by atoms with Crippen molar-refractivity contribution in [2.75, 3.05) is 6.16 Å². The van der Waals surface area contributed by atoms with Crippen molar-refractivity contribution in [2.45, 2.75) is 26.1 Å². The van der Waals surface area contributed by atoms with E-state index in [-0.39, 0.29) is 32.2 Å². The molecule has 154 valence electrons. The molecule has 0 radical (unpaired) electrons. The summed E-state index contributed by atoms with van der Waals surface area (Å²) in [5.74, 6) is -1.07. The molecule has 0 saturated heterocycles. The quantitative estimate of drug-likeness (QED) is 0.434. The minimum absolute atomic E-state index is 0.0540. The predicted molar refractivity (Wildman–Crippen MR) is 110 cm³/mol. The van der Waals surface area contributed by atoms with E-state index in [1.807, 2.05) is 60.7 Å². The Morgan fingerprint density at radius 3 is 2.00 bits per heavy atom. The Balaban J connectivity index is 1.90.